The minimum atomic E-state index is -0.230. The van der Waals surface area contributed by atoms with Crippen molar-refractivity contribution >= 4 is 5.91 Å². The van der Waals surface area contributed by atoms with Crippen molar-refractivity contribution in [3.63, 3.8) is 0 Å². The van der Waals surface area contributed by atoms with E-state index in [2.05, 4.69) is 47.1 Å². The predicted molar refractivity (Wildman–Crippen MR) is 80.3 cm³/mol. The molecule has 0 unspecified atom stereocenters. The van der Waals surface area contributed by atoms with Crippen LogP contribution >= 0.6 is 0 Å². The van der Waals surface area contributed by atoms with Gasteiger partial charge in [0.25, 0.3) is 0 Å². The SMILES string of the molecule is CC1(C(=O)NC[C@H]2Cc3ccccc3CN2)CC=CC1. The lowest BCUT2D eigenvalue weighted by molar-refractivity contribution is -0.129. The summed E-state index contributed by atoms with van der Waals surface area (Å²) < 4.78 is 0. The number of rotatable bonds is 3. The Morgan fingerprint density at radius 1 is 1.30 bits per heavy atom. The van der Waals surface area contributed by atoms with Crippen LogP contribution in [-0.2, 0) is 17.8 Å². The van der Waals surface area contributed by atoms with E-state index in [9.17, 15) is 4.79 Å². The van der Waals surface area contributed by atoms with E-state index >= 15 is 0 Å². The molecule has 2 aliphatic rings. The fraction of sp³-hybridized carbons (Fsp3) is 0.471. The van der Waals surface area contributed by atoms with E-state index < -0.39 is 0 Å². The largest absolute Gasteiger partial charge is 0.354 e. The molecule has 0 aromatic heterocycles. The molecule has 1 atom stereocenters. The van der Waals surface area contributed by atoms with Gasteiger partial charge in [0.05, 0.1) is 5.41 Å². The molecule has 0 fully saturated rings. The molecule has 3 heteroatoms. The number of hydrogen-bond acceptors (Lipinski definition) is 2. The summed E-state index contributed by atoms with van der Waals surface area (Å²) >= 11 is 0. The van der Waals surface area contributed by atoms with E-state index in [4.69, 9.17) is 0 Å². The highest BCUT2D eigenvalue weighted by Gasteiger charge is 2.33. The van der Waals surface area contributed by atoms with Crippen molar-refractivity contribution in [2.24, 2.45) is 5.41 Å². The Morgan fingerprint density at radius 2 is 2.00 bits per heavy atom. The second-order valence-corrected chi connectivity index (χ2v) is 6.20. The molecule has 1 aliphatic carbocycles. The normalized spacial score (nSPS) is 23.4. The van der Waals surface area contributed by atoms with E-state index in [-0.39, 0.29) is 11.3 Å². The Bertz CT molecular complexity index is 528. The van der Waals surface area contributed by atoms with Crippen molar-refractivity contribution in [3.8, 4) is 0 Å². The molecule has 0 saturated heterocycles. The number of carbonyl (C=O) groups excluding carboxylic acids is 1. The molecule has 20 heavy (non-hydrogen) atoms. The minimum absolute atomic E-state index is 0.183. The van der Waals surface area contributed by atoms with Gasteiger partial charge in [0.15, 0.2) is 0 Å². The van der Waals surface area contributed by atoms with Crippen molar-refractivity contribution in [3.05, 3.63) is 47.5 Å². The van der Waals surface area contributed by atoms with Gasteiger partial charge >= 0.3 is 0 Å². The number of benzene rings is 1. The summed E-state index contributed by atoms with van der Waals surface area (Å²) in [6, 6.07) is 8.86. The fourth-order valence-corrected chi connectivity index (χ4v) is 3.05. The summed E-state index contributed by atoms with van der Waals surface area (Å²) in [5.41, 5.74) is 2.55. The molecule has 0 bridgehead atoms. The quantitative estimate of drug-likeness (QED) is 0.827. The van der Waals surface area contributed by atoms with Crippen LogP contribution in [0.1, 0.15) is 30.9 Å². The van der Waals surface area contributed by atoms with Crippen LogP contribution in [0.2, 0.25) is 0 Å². The number of allylic oxidation sites excluding steroid dienone is 2. The van der Waals surface area contributed by atoms with Crippen molar-refractivity contribution in [2.45, 2.75) is 38.8 Å². The minimum Gasteiger partial charge on any atom is -0.354 e. The number of nitrogens with one attached hydrogen (secondary N) is 2. The maximum absolute atomic E-state index is 12.3. The van der Waals surface area contributed by atoms with Crippen LogP contribution < -0.4 is 10.6 Å². The Labute approximate surface area is 120 Å². The zero-order chi connectivity index (χ0) is 14.0. The lowest BCUT2D eigenvalue weighted by Gasteiger charge is -2.28. The summed E-state index contributed by atoms with van der Waals surface area (Å²) in [7, 11) is 0. The number of fused-ring (bicyclic) bond motifs is 1. The molecule has 1 heterocycles. The maximum atomic E-state index is 12.3. The highest BCUT2D eigenvalue weighted by Crippen LogP contribution is 2.32. The Kier molecular flexibility index (Phi) is 3.62. The molecule has 1 aromatic carbocycles. The molecule has 1 amide bonds. The third kappa shape index (κ3) is 2.63. The van der Waals surface area contributed by atoms with Crippen LogP contribution in [0.4, 0.5) is 0 Å². The van der Waals surface area contributed by atoms with Crippen LogP contribution in [0.25, 0.3) is 0 Å². The number of hydrogen-bond donors (Lipinski definition) is 2. The van der Waals surface area contributed by atoms with Gasteiger partial charge in [-0.3, -0.25) is 4.79 Å². The number of amides is 1. The molecule has 1 aliphatic heterocycles. The van der Waals surface area contributed by atoms with Gasteiger partial charge < -0.3 is 10.6 Å². The summed E-state index contributed by atoms with van der Waals surface area (Å²) in [4.78, 5) is 12.3. The van der Waals surface area contributed by atoms with Crippen LogP contribution in [0.5, 0.6) is 0 Å². The lowest BCUT2D eigenvalue weighted by Crippen LogP contribution is -2.47. The topological polar surface area (TPSA) is 41.1 Å². The van der Waals surface area contributed by atoms with Gasteiger partial charge in [-0.05, 0) is 30.4 Å². The maximum Gasteiger partial charge on any atom is 0.226 e. The Balaban J connectivity index is 1.54. The second kappa shape index (κ2) is 5.41. The Morgan fingerprint density at radius 3 is 2.75 bits per heavy atom. The average Bonchev–Trinajstić information content (AvgIpc) is 2.92. The monoisotopic (exact) mass is 270 g/mol. The van der Waals surface area contributed by atoms with Crippen molar-refractivity contribution in [1.29, 1.82) is 0 Å². The van der Waals surface area contributed by atoms with E-state index in [1.165, 1.54) is 11.1 Å². The first-order valence-electron chi connectivity index (χ1n) is 7.41. The average molecular weight is 270 g/mol. The standard InChI is InChI=1S/C17H22N2O/c1-17(8-4-5-9-17)16(20)19-12-15-10-13-6-2-3-7-14(13)11-18-15/h2-7,15,18H,8-12H2,1H3,(H,19,20)/t15-/m1/s1. The zero-order valence-corrected chi connectivity index (χ0v) is 12.0. The molecule has 3 rings (SSSR count). The van der Waals surface area contributed by atoms with Gasteiger partial charge in [-0.1, -0.05) is 43.3 Å². The van der Waals surface area contributed by atoms with Gasteiger partial charge in [-0.2, -0.15) is 0 Å². The molecule has 3 nitrogen and oxygen atoms in total. The van der Waals surface area contributed by atoms with E-state index in [0.29, 0.717) is 12.6 Å². The summed E-state index contributed by atoms with van der Waals surface area (Å²) in [6.45, 7) is 3.66. The second-order valence-electron chi connectivity index (χ2n) is 6.20. The first-order valence-corrected chi connectivity index (χ1v) is 7.41. The van der Waals surface area contributed by atoms with Crippen molar-refractivity contribution in [2.75, 3.05) is 6.54 Å². The Hall–Kier alpha value is -1.61. The third-order valence-electron chi connectivity index (χ3n) is 4.53. The van der Waals surface area contributed by atoms with Crippen LogP contribution in [-0.4, -0.2) is 18.5 Å². The van der Waals surface area contributed by atoms with E-state index in [1.54, 1.807) is 0 Å². The van der Waals surface area contributed by atoms with Crippen LogP contribution in [0.3, 0.4) is 0 Å². The zero-order valence-electron chi connectivity index (χ0n) is 12.0. The molecule has 0 saturated carbocycles. The van der Waals surface area contributed by atoms with Crippen molar-refractivity contribution < 1.29 is 4.79 Å². The molecule has 1 aromatic rings. The summed E-state index contributed by atoms with van der Waals surface area (Å²) in [5, 5.41) is 6.63. The fourth-order valence-electron chi connectivity index (χ4n) is 3.05. The van der Waals surface area contributed by atoms with Gasteiger partial charge in [-0.25, -0.2) is 0 Å². The molecular weight excluding hydrogens is 248 g/mol. The van der Waals surface area contributed by atoms with E-state index in [0.717, 1.165) is 25.8 Å². The van der Waals surface area contributed by atoms with Gasteiger partial charge in [0, 0.05) is 19.1 Å². The molecule has 0 spiro atoms. The first kappa shape index (κ1) is 13.4. The lowest BCUT2D eigenvalue weighted by atomic mass is 9.87. The molecule has 2 N–H and O–H groups in total. The summed E-state index contributed by atoms with van der Waals surface area (Å²) in [6.07, 6.45) is 6.92. The third-order valence-corrected chi connectivity index (χ3v) is 4.53. The highest BCUT2D eigenvalue weighted by molar-refractivity contribution is 5.83. The smallest absolute Gasteiger partial charge is 0.226 e. The van der Waals surface area contributed by atoms with Crippen LogP contribution in [0.15, 0.2) is 36.4 Å². The molecular formula is C17H22N2O. The first-order chi connectivity index (χ1) is 9.67. The van der Waals surface area contributed by atoms with Crippen LogP contribution in [0, 0.1) is 5.41 Å². The van der Waals surface area contributed by atoms with Gasteiger partial charge in [-0.15, -0.1) is 0 Å². The predicted octanol–water partition coefficient (Wildman–Crippen LogP) is 2.17. The van der Waals surface area contributed by atoms with E-state index in [1.807, 2.05) is 6.92 Å². The van der Waals surface area contributed by atoms with Gasteiger partial charge in [0.2, 0.25) is 5.91 Å². The summed E-state index contributed by atoms with van der Waals surface area (Å²) in [5.74, 6) is 0.183. The van der Waals surface area contributed by atoms with Crippen molar-refractivity contribution in [1.82, 2.24) is 10.6 Å². The van der Waals surface area contributed by atoms with Gasteiger partial charge in [0.1, 0.15) is 0 Å². The highest BCUT2D eigenvalue weighted by atomic mass is 16.2. The molecule has 0 radical (unpaired) electrons. The number of carbonyl (C=O) groups is 1. The molecule has 106 valence electrons.